The number of ketones is 1. The molecule has 0 unspecified atom stereocenters. The van der Waals surface area contributed by atoms with Crippen LogP contribution in [0, 0.1) is 0 Å². The number of hydrogen-bond donors (Lipinski definition) is 1. The average molecular weight is 395 g/mol. The zero-order valence-corrected chi connectivity index (χ0v) is 15.7. The molecule has 8 nitrogen and oxygen atoms in total. The fourth-order valence-corrected chi connectivity index (χ4v) is 2.40. The summed E-state index contributed by atoms with van der Waals surface area (Å²) < 4.78 is 10.4. The van der Waals surface area contributed by atoms with E-state index in [4.69, 9.17) is 15.0 Å². The molecule has 2 rings (SSSR count). The van der Waals surface area contributed by atoms with Crippen molar-refractivity contribution in [1.29, 1.82) is 0 Å². The minimum atomic E-state index is -1.09. The van der Waals surface area contributed by atoms with Gasteiger partial charge in [-0.25, -0.2) is 9.59 Å². The van der Waals surface area contributed by atoms with Gasteiger partial charge in [0.1, 0.15) is 19.3 Å². The highest BCUT2D eigenvalue weighted by Crippen LogP contribution is 2.07. The van der Waals surface area contributed by atoms with Gasteiger partial charge in [0.2, 0.25) is 5.78 Å². The molecule has 0 bridgehead atoms. The van der Waals surface area contributed by atoms with Crippen molar-refractivity contribution in [2.45, 2.75) is 32.1 Å². The first-order valence-electron chi connectivity index (χ1n) is 8.96. The van der Waals surface area contributed by atoms with Gasteiger partial charge in [0.25, 0.3) is 0 Å². The lowest BCUT2D eigenvalue weighted by Gasteiger charge is -2.17. The standard InChI is InChI=1S/C21H21N3O5/c22-23-13-18(25)11-12-19(20(26)28-14-16-7-3-1-4-8-16)24-21(27)29-15-17-9-5-2-6-10-17/h1-10,13,19H,11-12,14-15H2,(H,24,27)/t19-/m0/s1. The number of alkyl carbamates (subject to hydrolysis) is 1. The van der Waals surface area contributed by atoms with Crippen LogP contribution in [0.25, 0.3) is 5.53 Å². The summed E-state index contributed by atoms with van der Waals surface area (Å²) in [5.41, 5.74) is 9.99. The Morgan fingerprint density at radius 1 is 0.931 bits per heavy atom. The van der Waals surface area contributed by atoms with E-state index in [1.165, 1.54) is 0 Å². The second kappa shape index (κ2) is 11.8. The zero-order valence-electron chi connectivity index (χ0n) is 15.7. The minimum absolute atomic E-state index is 0.0289. The summed E-state index contributed by atoms with van der Waals surface area (Å²) in [6.45, 7) is 0.0670. The fourth-order valence-electron chi connectivity index (χ4n) is 2.40. The van der Waals surface area contributed by atoms with Gasteiger partial charge in [0.05, 0.1) is 0 Å². The van der Waals surface area contributed by atoms with Gasteiger partial charge in [-0.15, -0.1) is 0 Å². The molecular weight excluding hydrogens is 374 g/mol. The van der Waals surface area contributed by atoms with Gasteiger partial charge in [-0.1, -0.05) is 60.7 Å². The maximum atomic E-state index is 12.4. The van der Waals surface area contributed by atoms with E-state index in [1.54, 1.807) is 24.3 Å². The van der Waals surface area contributed by atoms with Crippen LogP contribution >= 0.6 is 0 Å². The molecule has 0 saturated carbocycles. The third-order valence-electron chi connectivity index (χ3n) is 3.89. The number of hydrogen-bond acceptors (Lipinski definition) is 5. The zero-order chi connectivity index (χ0) is 20.9. The molecule has 0 heterocycles. The molecular formula is C21H21N3O5. The molecule has 0 aromatic heterocycles. The Kier molecular flexibility index (Phi) is 8.79. The lowest BCUT2D eigenvalue weighted by molar-refractivity contribution is -0.147. The van der Waals surface area contributed by atoms with Crippen LogP contribution in [-0.4, -0.2) is 34.9 Å². The normalized spacial score (nSPS) is 10.9. The van der Waals surface area contributed by atoms with Crippen LogP contribution in [0.4, 0.5) is 4.79 Å². The number of carbonyl (C=O) groups is 3. The molecule has 0 aliphatic carbocycles. The SMILES string of the molecule is [N-]=[N+]=CC(=O)CC[C@H](NC(=O)OCc1ccccc1)C(=O)OCc1ccccc1. The number of ether oxygens (including phenoxy) is 2. The third kappa shape index (κ3) is 8.19. The topological polar surface area (TPSA) is 118 Å². The molecule has 0 aliphatic rings. The van der Waals surface area contributed by atoms with Crippen LogP contribution in [0.3, 0.4) is 0 Å². The second-order valence-corrected chi connectivity index (χ2v) is 6.10. The van der Waals surface area contributed by atoms with E-state index in [1.807, 2.05) is 36.4 Å². The van der Waals surface area contributed by atoms with Crippen LogP contribution in [0.1, 0.15) is 24.0 Å². The Morgan fingerprint density at radius 3 is 2.03 bits per heavy atom. The third-order valence-corrected chi connectivity index (χ3v) is 3.89. The summed E-state index contributed by atoms with van der Waals surface area (Å²) in [6, 6.07) is 17.0. The first kappa shape index (κ1) is 21.5. The van der Waals surface area contributed by atoms with E-state index in [2.05, 4.69) is 10.1 Å². The molecule has 2 aromatic rings. The van der Waals surface area contributed by atoms with E-state index >= 15 is 0 Å². The Balaban J connectivity index is 1.93. The van der Waals surface area contributed by atoms with Crippen molar-refractivity contribution in [3.8, 4) is 0 Å². The van der Waals surface area contributed by atoms with Crippen molar-refractivity contribution >= 4 is 24.1 Å². The highest BCUT2D eigenvalue weighted by molar-refractivity contribution is 6.25. The number of rotatable bonds is 10. The van der Waals surface area contributed by atoms with E-state index in [9.17, 15) is 14.4 Å². The van der Waals surface area contributed by atoms with Crippen molar-refractivity contribution in [3.63, 3.8) is 0 Å². The summed E-state index contributed by atoms with van der Waals surface area (Å²) in [5, 5.41) is 2.43. The largest absolute Gasteiger partial charge is 0.459 e. The molecule has 8 heteroatoms. The van der Waals surface area contributed by atoms with Crippen molar-refractivity contribution in [1.82, 2.24) is 5.32 Å². The lowest BCUT2D eigenvalue weighted by atomic mass is 10.1. The Bertz CT molecular complexity index is 864. The first-order chi connectivity index (χ1) is 14.1. The summed E-state index contributed by atoms with van der Waals surface area (Å²) in [6.07, 6.45) is -0.216. The average Bonchev–Trinajstić information content (AvgIpc) is 2.75. The molecule has 1 N–H and O–H groups in total. The predicted octanol–water partition coefficient (Wildman–Crippen LogP) is 2.67. The Morgan fingerprint density at radius 2 is 1.48 bits per heavy atom. The van der Waals surface area contributed by atoms with Crippen LogP contribution in [0.2, 0.25) is 0 Å². The smallest absolute Gasteiger partial charge is 0.408 e. The van der Waals surface area contributed by atoms with Gasteiger partial charge in [0.15, 0.2) is 0 Å². The maximum Gasteiger partial charge on any atom is 0.408 e. The van der Waals surface area contributed by atoms with Gasteiger partial charge in [-0.3, -0.25) is 4.79 Å². The van der Waals surface area contributed by atoms with Gasteiger partial charge >= 0.3 is 18.3 Å². The summed E-state index contributed by atoms with van der Waals surface area (Å²) in [5.74, 6) is -1.19. The van der Waals surface area contributed by atoms with Crippen LogP contribution in [-0.2, 0) is 32.3 Å². The highest BCUT2D eigenvalue weighted by atomic mass is 16.6. The van der Waals surface area contributed by atoms with Crippen molar-refractivity contribution < 1.29 is 28.6 Å². The van der Waals surface area contributed by atoms with Crippen molar-refractivity contribution in [3.05, 3.63) is 77.3 Å². The fraction of sp³-hybridized carbons (Fsp3) is 0.238. The second-order valence-electron chi connectivity index (χ2n) is 6.10. The molecule has 29 heavy (non-hydrogen) atoms. The van der Waals surface area contributed by atoms with Gasteiger partial charge in [0, 0.05) is 6.42 Å². The van der Waals surface area contributed by atoms with Gasteiger partial charge in [-0.2, -0.15) is 4.79 Å². The number of nitrogens with zero attached hydrogens (tertiary/aromatic N) is 2. The van der Waals surface area contributed by atoms with Crippen molar-refractivity contribution in [2.75, 3.05) is 0 Å². The van der Waals surface area contributed by atoms with E-state index in [0.29, 0.717) is 0 Å². The predicted molar refractivity (Wildman–Crippen MR) is 104 cm³/mol. The molecule has 0 fully saturated rings. The number of nitrogens with one attached hydrogen (secondary N) is 1. The van der Waals surface area contributed by atoms with E-state index < -0.39 is 23.9 Å². The monoisotopic (exact) mass is 395 g/mol. The number of carbonyl (C=O) groups excluding carboxylic acids is 3. The maximum absolute atomic E-state index is 12.4. The summed E-state index contributed by atoms with van der Waals surface area (Å²) in [7, 11) is 0. The molecule has 0 spiro atoms. The molecule has 150 valence electrons. The quantitative estimate of drug-likeness (QED) is 0.287. The molecule has 0 radical (unpaired) electrons. The van der Waals surface area contributed by atoms with E-state index in [0.717, 1.165) is 17.3 Å². The highest BCUT2D eigenvalue weighted by Gasteiger charge is 2.24. The lowest BCUT2D eigenvalue weighted by Crippen LogP contribution is -2.42. The van der Waals surface area contributed by atoms with Gasteiger partial charge in [-0.05, 0) is 17.5 Å². The molecule has 0 aliphatic heterocycles. The van der Waals surface area contributed by atoms with Crippen LogP contribution < -0.4 is 5.32 Å². The Hall–Kier alpha value is -3.77. The number of esters is 1. The molecule has 2 aromatic carbocycles. The molecule has 1 amide bonds. The van der Waals surface area contributed by atoms with Crippen LogP contribution in [0.15, 0.2) is 60.7 Å². The minimum Gasteiger partial charge on any atom is -0.459 e. The van der Waals surface area contributed by atoms with E-state index in [-0.39, 0.29) is 26.1 Å². The number of benzene rings is 2. The summed E-state index contributed by atoms with van der Waals surface area (Å²) in [4.78, 5) is 38.7. The first-order valence-corrected chi connectivity index (χ1v) is 8.96. The molecule has 0 saturated heterocycles. The Labute approximate surface area is 168 Å². The van der Waals surface area contributed by atoms with Gasteiger partial charge < -0.3 is 20.3 Å². The summed E-state index contributed by atoms with van der Waals surface area (Å²) >= 11 is 0. The van der Waals surface area contributed by atoms with Crippen LogP contribution in [0.5, 0.6) is 0 Å². The van der Waals surface area contributed by atoms with Crippen molar-refractivity contribution in [2.24, 2.45) is 0 Å². The molecule has 1 atom stereocenters. The number of Topliss-reactive ketones (excluding diaryl/α,β-unsaturated/α-hetero) is 1. The number of amides is 1.